The highest BCUT2D eigenvalue weighted by molar-refractivity contribution is 7.71. The van der Waals surface area contributed by atoms with Crippen LogP contribution >= 0.6 is 12.2 Å². The summed E-state index contributed by atoms with van der Waals surface area (Å²) in [6.07, 6.45) is 6.19. The highest BCUT2D eigenvalue weighted by Gasteiger charge is 2.40. The van der Waals surface area contributed by atoms with Crippen molar-refractivity contribution >= 4 is 12.2 Å². The molecule has 0 amide bonds. The lowest BCUT2D eigenvalue weighted by molar-refractivity contribution is -0.187. The molecule has 0 unspecified atom stereocenters. The van der Waals surface area contributed by atoms with Crippen molar-refractivity contribution in [1.29, 1.82) is 0 Å². The molecule has 3 fully saturated rings. The van der Waals surface area contributed by atoms with E-state index in [1.807, 2.05) is 10.8 Å². The lowest BCUT2D eigenvalue weighted by Gasteiger charge is -2.37. The molecule has 1 aromatic heterocycles. The van der Waals surface area contributed by atoms with E-state index >= 15 is 0 Å². The maximum atomic E-state index is 5.79. The van der Waals surface area contributed by atoms with Gasteiger partial charge in [0, 0.05) is 38.4 Å². The Bertz CT molecular complexity index is 633. The normalized spacial score (nSPS) is 24.3. The molecule has 3 heterocycles. The number of ether oxygens (including phenoxy) is 2. The first kappa shape index (κ1) is 15.5. The second kappa shape index (κ2) is 6.12. The number of allylic oxidation sites excluding steroid dienone is 1. The molecular formula is C16H24N4O2S. The first-order valence-electron chi connectivity index (χ1n) is 8.49. The highest BCUT2D eigenvalue weighted by atomic mass is 32.1. The Morgan fingerprint density at radius 3 is 2.57 bits per heavy atom. The zero-order valence-electron chi connectivity index (χ0n) is 13.4. The molecule has 23 heavy (non-hydrogen) atoms. The van der Waals surface area contributed by atoms with Gasteiger partial charge in [0.2, 0.25) is 0 Å². The van der Waals surface area contributed by atoms with Crippen molar-refractivity contribution in [2.24, 2.45) is 0 Å². The molecule has 0 bridgehead atoms. The Labute approximate surface area is 141 Å². The summed E-state index contributed by atoms with van der Waals surface area (Å²) in [6.45, 7) is 8.69. The van der Waals surface area contributed by atoms with Crippen molar-refractivity contribution in [1.82, 2.24) is 19.2 Å². The Morgan fingerprint density at radius 1 is 1.26 bits per heavy atom. The van der Waals surface area contributed by atoms with Gasteiger partial charge in [-0.25, -0.2) is 4.68 Å². The zero-order chi connectivity index (χ0) is 15.9. The van der Waals surface area contributed by atoms with Gasteiger partial charge in [-0.2, -0.15) is 5.10 Å². The van der Waals surface area contributed by atoms with Crippen LogP contribution in [-0.4, -0.2) is 51.3 Å². The van der Waals surface area contributed by atoms with Gasteiger partial charge in [0.1, 0.15) is 5.82 Å². The minimum Gasteiger partial charge on any atom is -0.347 e. The maximum absolute atomic E-state index is 5.79. The Hall–Kier alpha value is -1.02. The van der Waals surface area contributed by atoms with E-state index in [0.717, 1.165) is 63.0 Å². The molecule has 2 aliphatic heterocycles. The van der Waals surface area contributed by atoms with Crippen molar-refractivity contribution in [2.75, 3.05) is 26.3 Å². The fourth-order valence-corrected chi connectivity index (χ4v) is 3.77. The largest absolute Gasteiger partial charge is 0.347 e. The number of nitrogens with zero attached hydrogens (tertiary/aromatic N) is 4. The van der Waals surface area contributed by atoms with Gasteiger partial charge in [-0.15, -0.1) is 6.58 Å². The number of hydrogen-bond donors (Lipinski definition) is 0. The SMILES string of the molecule is C=CCn1c(C2CC2)nn(CN2CCC3(CC2)OCCO3)c1=S. The number of rotatable bonds is 5. The van der Waals surface area contributed by atoms with Gasteiger partial charge >= 0.3 is 0 Å². The molecule has 0 radical (unpaired) electrons. The smallest absolute Gasteiger partial charge is 0.199 e. The first-order valence-corrected chi connectivity index (χ1v) is 8.90. The second-order valence-corrected chi connectivity index (χ2v) is 7.05. The van der Waals surface area contributed by atoms with Crippen LogP contribution in [0.1, 0.15) is 37.4 Å². The molecule has 1 spiro atoms. The Balaban J connectivity index is 1.46. The summed E-state index contributed by atoms with van der Waals surface area (Å²) in [5.74, 6) is 1.40. The van der Waals surface area contributed by atoms with Gasteiger partial charge in [-0.1, -0.05) is 6.08 Å². The zero-order valence-corrected chi connectivity index (χ0v) is 14.3. The van der Waals surface area contributed by atoms with Crippen LogP contribution in [0.4, 0.5) is 0 Å². The van der Waals surface area contributed by atoms with Gasteiger partial charge in [0.05, 0.1) is 19.9 Å². The fraction of sp³-hybridized carbons (Fsp3) is 0.750. The molecule has 1 aliphatic carbocycles. The summed E-state index contributed by atoms with van der Waals surface area (Å²) in [6, 6.07) is 0. The summed E-state index contributed by atoms with van der Waals surface area (Å²) >= 11 is 5.63. The molecule has 2 saturated heterocycles. The van der Waals surface area contributed by atoms with E-state index in [9.17, 15) is 0 Å². The molecule has 1 saturated carbocycles. The van der Waals surface area contributed by atoms with Crippen LogP contribution in [-0.2, 0) is 22.7 Å². The second-order valence-electron chi connectivity index (χ2n) is 6.68. The summed E-state index contributed by atoms with van der Waals surface area (Å²) in [7, 11) is 0. The summed E-state index contributed by atoms with van der Waals surface area (Å²) < 4.78 is 16.5. The monoisotopic (exact) mass is 336 g/mol. The van der Waals surface area contributed by atoms with Crippen LogP contribution in [0.5, 0.6) is 0 Å². The average molecular weight is 336 g/mol. The lowest BCUT2D eigenvalue weighted by Crippen LogP contribution is -2.45. The van der Waals surface area contributed by atoms with Gasteiger partial charge in [-0.3, -0.25) is 9.47 Å². The van der Waals surface area contributed by atoms with E-state index in [-0.39, 0.29) is 5.79 Å². The number of piperidine rings is 1. The van der Waals surface area contributed by atoms with E-state index in [1.165, 1.54) is 12.8 Å². The molecule has 126 valence electrons. The number of likely N-dealkylation sites (tertiary alicyclic amines) is 1. The standard InChI is InChI=1S/C16H24N4O2S/c1-2-7-19-14(13-3-4-13)17-20(15(19)23)12-18-8-5-16(6-9-18)21-10-11-22-16/h2,13H,1,3-12H2. The highest BCUT2D eigenvalue weighted by Crippen LogP contribution is 2.39. The van der Waals surface area contributed by atoms with Crippen LogP contribution in [0.25, 0.3) is 0 Å². The number of hydrogen-bond acceptors (Lipinski definition) is 5. The third-order valence-corrected chi connectivity index (χ3v) is 5.40. The van der Waals surface area contributed by atoms with E-state index < -0.39 is 0 Å². The first-order chi connectivity index (χ1) is 11.2. The minimum absolute atomic E-state index is 0.320. The van der Waals surface area contributed by atoms with Crippen molar-refractivity contribution in [3.05, 3.63) is 23.3 Å². The third kappa shape index (κ3) is 3.03. The maximum Gasteiger partial charge on any atom is 0.199 e. The van der Waals surface area contributed by atoms with Gasteiger partial charge in [0.15, 0.2) is 10.6 Å². The lowest BCUT2D eigenvalue weighted by atomic mass is 10.0. The van der Waals surface area contributed by atoms with E-state index in [1.54, 1.807) is 0 Å². The molecule has 0 aromatic carbocycles. The van der Waals surface area contributed by atoms with Crippen LogP contribution in [0.2, 0.25) is 0 Å². The van der Waals surface area contributed by atoms with Crippen molar-refractivity contribution in [3.8, 4) is 0 Å². The van der Waals surface area contributed by atoms with Crippen LogP contribution < -0.4 is 0 Å². The Morgan fingerprint density at radius 2 is 1.96 bits per heavy atom. The van der Waals surface area contributed by atoms with Crippen molar-refractivity contribution in [2.45, 2.75) is 50.6 Å². The molecule has 0 atom stereocenters. The van der Waals surface area contributed by atoms with Gasteiger partial charge in [0.25, 0.3) is 0 Å². The third-order valence-electron chi connectivity index (χ3n) is 4.97. The molecule has 4 rings (SSSR count). The fourth-order valence-electron chi connectivity index (χ4n) is 3.50. The molecule has 7 heteroatoms. The van der Waals surface area contributed by atoms with Crippen LogP contribution in [0.15, 0.2) is 12.7 Å². The summed E-state index contributed by atoms with van der Waals surface area (Å²) in [5, 5.41) is 4.80. The van der Waals surface area contributed by atoms with Gasteiger partial charge in [-0.05, 0) is 25.1 Å². The summed E-state index contributed by atoms with van der Waals surface area (Å²) in [4.78, 5) is 2.38. The predicted octanol–water partition coefficient (Wildman–Crippen LogP) is 2.27. The van der Waals surface area contributed by atoms with Crippen LogP contribution in [0.3, 0.4) is 0 Å². The van der Waals surface area contributed by atoms with E-state index in [4.69, 9.17) is 26.8 Å². The molecule has 0 N–H and O–H groups in total. The molecular weight excluding hydrogens is 312 g/mol. The van der Waals surface area contributed by atoms with E-state index in [0.29, 0.717) is 5.92 Å². The molecule has 6 nitrogen and oxygen atoms in total. The van der Waals surface area contributed by atoms with E-state index in [2.05, 4.69) is 16.0 Å². The van der Waals surface area contributed by atoms with Crippen LogP contribution in [0, 0.1) is 4.77 Å². The molecule has 1 aromatic rings. The summed E-state index contributed by atoms with van der Waals surface area (Å²) in [5.41, 5.74) is 0. The Kier molecular flexibility index (Phi) is 4.13. The van der Waals surface area contributed by atoms with Crippen molar-refractivity contribution < 1.29 is 9.47 Å². The van der Waals surface area contributed by atoms with Gasteiger partial charge < -0.3 is 9.47 Å². The topological polar surface area (TPSA) is 44.5 Å². The average Bonchev–Trinajstić information content (AvgIpc) is 3.24. The quantitative estimate of drug-likeness (QED) is 0.610. The number of aromatic nitrogens is 3. The molecule has 3 aliphatic rings. The van der Waals surface area contributed by atoms with Crippen molar-refractivity contribution in [3.63, 3.8) is 0 Å². The minimum atomic E-state index is -0.320. The predicted molar refractivity (Wildman–Crippen MR) is 88.7 cm³/mol.